The Labute approximate surface area is 102 Å². The largest absolute Gasteiger partial charge is 0.326 e. The van der Waals surface area contributed by atoms with Gasteiger partial charge < -0.3 is 5.73 Å². The highest BCUT2D eigenvalue weighted by Gasteiger charge is 2.31. The number of benzene rings is 1. The van der Waals surface area contributed by atoms with Crippen molar-refractivity contribution in [2.75, 3.05) is 13.1 Å². The van der Waals surface area contributed by atoms with Crippen LogP contribution in [0.25, 0.3) is 0 Å². The van der Waals surface area contributed by atoms with Crippen LogP contribution in [0.2, 0.25) is 0 Å². The SMILES string of the molecule is CC1CCN(S(=O)(=O)c2ccccc2CN)C1. The van der Waals surface area contributed by atoms with E-state index in [0.29, 0.717) is 29.5 Å². The zero-order valence-corrected chi connectivity index (χ0v) is 10.8. The van der Waals surface area contributed by atoms with Crippen molar-refractivity contribution < 1.29 is 8.42 Å². The molecule has 0 radical (unpaired) electrons. The van der Waals surface area contributed by atoms with E-state index >= 15 is 0 Å². The lowest BCUT2D eigenvalue weighted by Crippen LogP contribution is -2.29. The molecule has 1 saturated heterocycles. The van der Waals surface area contributed by atoms with Gasteiger partial charge in [-0.15, -0.1) is 0 Å². The molecule has 0 amide bonds. The van der Waals surface area contributed by atoms with E-state index in [2.05, 4.69) is 6.92 Å². The molecule has 1 atom stereocenters. The van der Waals surface area contributed by atoms with Gasteiger partial charge in [0.05, 0.1) is 4.90 Å². The molecule has 1 aromatic rings. The van der Waals surface area contributed by atoms with Crippen molar-refractivity contribution in [3.63, 3.8) is 0 Å². The van der Waals surface area contributed by atoms with Crippen molar-refractivity contribution in [1.82, 2.24) is 4.31 Å². The lowest BCUT2D eigenvalue weighted by Gasteiger charge is -2.18. The van der Waals surface area contributed by atoms with Crippen molar-refractivity contribution in [3.8, 4) is 0 Å². The fourth-order valence-electron chi connectivity index (χ4n) is 2.18. The van der Waals surface area contributed by atoms with E-state index in [1.165, 1.54) is 0 Å². The fourth-order valence-corrected chi connectivity index (χ4v) is 3.98. The van der Waals surface area contributed by atoms with E-state index < -0.39 is 10.0 Å². The minimum absolute atomic E-state index is 0.249. The second kappa shape index (κ2) is 4.76. The molecule has 2 N–H and O–H groups in total. The molecular weight excluding hydrogens is 236 g/mol. The molecule has 2 rings (SSSR count). The Morgan fingerprint density at radius 3 is 2.71 bits per heavy atom. The Morgan fingerprint density at radius 1 is 1.41 bits per heavy atom. The predicted octanol–water partition coefficient (Wildman–Crippen LogP) is 1.18. The Morgan fingerprint density at radius 2 is 2.12 bits per heavy atom. The van der Waals surface area contributed by atoms with Gasteiger partial charge in [0.25, 0.3) is 0 Å². The van der Waals surface area contributed by atoms with E-state index in [1.807, 2.05) is 6.07 Å². The molecule has 94 valence electrons. The van der Waals surface area contributed by atoms with Crippen LogP contribution in [0.1, 0.15) is 18.9 Å². The summed E-state index contributed by atoms with van der Waals surface area (Å²) in [7, 11) is -3.36. The summed E-state index contributed by atoms with van der Waals surface area (Å²) in [4.78, 5) is 0.358. The molecule has 0 aromatic heterocycles. The molecular formula is C12H18N2O2S. The Kier molecular flexibility index (Phi) is 3.51. The molecule has 1 fully saturated rings. The number of hydrogen-bond acceptors (Lipinski definition) is 3. The minimum Gasteiger partial charge on any atom is -0.326 e. The van der Waals surface area contributed by atoms with Gasteiger partial charge in [-0.3, -0.25) is 0 Å². The molecule has 0 aliphatic carbocycles. The van der Waals surface area contributed by atoms with Crippen molar-refractivity contribution in [2.24, 2.45) is 11.7 Å². The zero-order valence-electron chi connectivity index (χ0n) is 9.96. The van der Waals surface area contributed by atoms with Gasteiger partial charge in [-0.2, -0.15) is 4.31 Å². The molecule has 4 nitrogen and oxygen atoms in total. The first-order chi connectivity index (χ1) is 8.05. The first-order valence-corrected chi connectivity index (χ1v) is 7.28. The summed E-state index contributed by atoms with van der Waals surface area (Å²) < 4.78 is 26.4. The minimum atomic E-state index is -3.36. The van der Waals surface area contributed by atoms with Gasteiger partial charge >= 0.3 is 0 Å². The Hall–Kier alpha value is -0.910. The van der Waals surface area contributed by atoms with E-state index in [-0.39, 0.29) is 6.54 Å². The van der Waals surface area contributed by atoms with Crippen molar-refractivity contribution >= 4 is 10.0 Å². The summed E-state index contributed by atoms with van der Waals surface area (Å²) in [6.07, 6.45) is 0.935. The maximum Gasteiger partial charge on any atom is 0.243 e. The van der Waals surface area contributed by atoms with Gasteiger partial charge in [-0.1, -0.05) is 25.1 Å². The van der Waals surface area contributed by atoms with Crippen LogP contribution >= 0.6 is 0 Å². The summed E-state index contributed by atoms with van der Waals surface area (Å²) in [6.45, 7) is 3.55. The number of nitrogens with zero attached hydrogens (tertiary/aromatic N) is 1. The van der Waals surface area contributed by atoms with Crippen LogP contribution in [0.5, 0.6) is 0 Å². The molecule has 1 aromatic carbocycles. The van der Waals surface area contributed by atoms with Crippen LogP contribution in [0, 0.1) is 5.92 Å². The molecule has 17 heavy (non-hydrogen) atoms. The lowest BCUT2D eigenvalue weighted by molar-refractivity contribution is 0.463. The third-order valence-corrected chi connectivity index (χ3v) is 5.16. The average molecular weight is 254 g/mol. The second-order valence-electron chi connectivity index (χ2n) is 4.57. The number of sulfonamides is 1. The third-order valence-electron chi connectivity index (χ3n) is 3.20. The Balaban J connectivity index is 2.38. The molecule has 0 saturated carbocycles. The number of nitrogens with two attached hydrogens (primary N) is 1. The summed E-state index contributed by atoms with van der Waals surface area (Å²) in [6, 6.07) is 6.96. The van der Waals surface area contributed by atoms with Crippen LogP contribution in [0.4, 0.5) is 0 Å². The first kappa shape index (κ1) is 12.5. The van der Waals surface area contributed by atoms with Crippen LogP contribution in [0.15, 0.2) is 29.2 Å². The van der Waals surface area contributed by atoms with E-state index in [9.17, 15) is 8.42 Å². The quantitative estimate of drug-likeness (QED) is 0.881. The summed E-state index contributed by atoms with van der Waals surface area (Å²) in [5.41, 5.74) is 6.28. The van der Waals surface area contributed by atoms with Crippen LogP contribution in [-0.2, 0) is 16.6 Å². The predicted molar refractivity (Wildman–Crippen MR) is 66.9 cm³/mol. The molecule has 1 aliphatic rings. The van der Waals surface area contributed by atoms with E-state index in [0.717, 1.165) is 6.42 Å². The van der Waals surface area contributed by atoms with E-state index in [4.69, 9.17) is 5.73 Å². The molecule has 1 unspecified atom stereocenters. The summed E-state index contributed by atoms with van der Waals surface area (Å²) in [5, 5.41) is 0. The third kappa shape index (κ3) is 2.36. The fraction of sp³-hybridized carbons (Fsp3) is 0.500. The first-order valence-electron chi connectivity index (χ1n) is 5.84. The zero-order chi connectivity index (χ0) is 12.5. The standard InChI is InChI=1S/C12H18N2O2S/c1-10-6-7-14(9-10)17(15,16)12-5-3-2-4-11(12)8-13/h2-5,10H,6-9,13H2,1H3. The van der Waals surface area contributed by atoms with Gasteiger partial charge in [-0.25, -0.2) is 8.42 Å². The van der Waals surface area contributed by atoms with Crippen molar-refractivity contribution in [1.29, 1.82) is 0 Å². The van der Waals surface area contributed by atoms with Crippen LogP contribution in [0.3, 0.4) is 0 Å². The molecule has 5 heteroatoms. The smallest absolute Gasteiger partial charge is 0.243 e. The summed E-state index contributed by atoms with van der Waals surface area (Å²) >= 11 is 0. The molecule has 1 heterocycles. The van der Waals surface area contributed by atoms with E-state index in [1.54, 1.807) is 22.5 Å². The van der Waals surface area contributed by atoms with Gasteiger partial charge in [0.15, 0.2) is 0 Å². The van der Waals surface area contributed by atoms with Crippen LogP contribution in [-0.4, -0.2) is 25.8 Å². The highest BCUT2D eigenvalue weighted by Crippen LogP contribution is 2.25. The van der Waals surface area contributed by atoms with Gasteiger partial charge in [0.2, 0.25) is 10.0 Å². The highest BCUT2D eigenvalue weighted by atomic mass is 32.2. The number of hydrogen-bond donors (Lipinski definition) is 1. The maximum absolute atomic E-state index is 12.4. The molecule has 1 aliphatic heterocycles. The van der Waals surface area contributed by atoms with Crippen LogP contribution < -0.4 is 5.73 Å². The topological polar surface area (TPSA) is 63.4 Å². The number of rotatable bonds is 3. The molecule has 0 bridgehead atoms. The highest BCUT2D eigenvalue weighted by molar-refractivity contribution is 7.89. The lowest BCUT2D eigenvalue weighted by atomic mass is 10.2. The summed E-state index contributed by atoms with van der Waals surface area (Å²) in [5.74, 6) is 0.440. The maximum atomic E-state index is 12.4. The van der Waals surface area contributed by atoms with Crippen molar-refractivity contribution in [2.45, 2.75) is 24.8 Å². The normalized spacial score (nSPS) is 21.9. The van der Waals surface area contributed by atoms with Crippen molar-refractivity contribution in [3.05, 3.63) is 29.8 Å². The molecule has 0 spiro atoms. The Bertz CT molecular complexity index is 499. The van der Waals surface area contributed by atoms with Gasteiger partial charge in [0, 0.05) is 19.6 Å². The second-order valence-corrected chi connectivity index (χ2v) is 6.48. The van der Waals surface area contributed by atoms with Gasteiger partial charge in [0.1, 0.15) is 0 Å². The monoisotopic (exact) mass is 254 g/mol. The van der Waals surface area contributed by atoms with Gasteiger partial charge in [-0.05, 0) is 24.0 Å². The average Bonchev–Trinajstić information content (AvgIpc) is 2.76.